The lowest BCUT2D eigenvalue weighted by atomic mass is 9.82. The monoisotopic (exact) mass is 316 g/mol. The maximum absolute atomic E-state index is 11.7. The topological polar surface area (TPSA) is 35.5 Å². The third kappa shape index (κ3) is 5.74. The minimum Gasteiger partial charge on any atom is -0.497 e. The van der Waals surface area contributed by atoms with Crippen LogP contribution < -0.4 is 4.74 Å². The van der Waals surface area contributed by atoms with Gasteiger partial charge in [0.25, 0.3) is 0 Å². The quantitative estimate of drug-likeness (QED) is 0.515. The van der Waals surface area contributed by atoms with E-state index in [2.05, 4.69) is 18.2 Å². The number of allylic oxidation sites excluding steroid dienone is 2. The predicted molar refractivity (Wildman–Crippen MR) is 92.6 cm³/mol. The number of benzene rings is 1. The van der Waals surface area contributed by atoms with Crippen molar-refractivity contribution in [2.75, 3.05) is 13.7 Å². The zero-order chi connectivity index (χ0) is 16.5. The van der Waals surface area contributed by atoms with Crippen LogP contribution in [0.1, 0.15) is 51.0 Å². The molecule has 0 amide bonds. The molecular formula is C20H28O3. The average molecular weight is 316 g/mol. The molecule has 0 radical (unpaired) electrons. The van der Waals surface area contributed by atoms with E-state index in [1.807, 2.05) is 19.1 Å². The summed E-state index contributed by atoms with van der Waals surface area (Å²) in [5.41, 5.74) is 2.82. The third-order valence-corrected chi connectivity index (χ3v) is 4.49. The molecule has 0 fully saturated rings. The molecule has 0 N–H and O–H groups in total. The van der Waals surface area contributed by atoms with E-state index in [1.54, 1.807) is 7.11 Å². The second-order valence-corrected chi connectivity index (χ2v) is 6.12. The van der Waals surface area contributed by atoms with Crippen molar-refractivity contribution in [3.63, 3.8) is 0 Å². The van der Waals surface area contributed by atoms with E-state index in [-0.39, 0.29) is 5.97 Å². The summed E-state index contributed by atoms with van der Waals surface area (Å²) < 4.78 is 10.3. The van der Waals surface area contributed by atoms with Gasteiger partial charge in [-0.15, -0.1) is 0 Å². The summed E-state index contributed by atoms with van der Waals surface area (Å²) in [6.07, 6.45) is 9.65. The van der Waals surface area contributed by atoms with E-state index in [1.165, 1.54) is 36.8 Å². The SMILES string of the molecule is CCOC(=O)CCC(Cc1ccc(OC)cc1)C1=CCCCC1. The first-order chi connectivity index (χ1) is 11.2. The molecule has 126 valence electrons. The molecule has 0 aliphatic heterocycles. The third-order valence-electron chi connectivity index (χ3n) is 4.49. The van der Waals surface area contributed by atoms with Gasteiger partial charge in [-0.25, -0.2) is 0 Å². The van der Waals surface area contributed by atoms with Crippen molar-refractivity contribution in [2.24, 2.45) is 5.92 Å². The van der Waals surface area contributed by atoms with E-state index in [0.717, 1.165) is 18.6 Å². The van der Waals surface area contributed by atoms with Crippen LogP contribution in [-0.2, 0) is 16.0 Å². The van der Waals surface area contributed by atoms with Crippen molar-refractivity contribution in [1.29, 1.82) is 0 Å². The lowest BCUT2D eigenvalue weighted by molar-refractivity contribution is -0.143. The van der Waals surface area contributed by atoms with E-state index in [9.17, 15) is 4.79 Å². The van der Waals surface area contributed by atoms with Gasteiger partial charge in [0.15, 0.2) is 0 Å². The van der Waals surface area contributed by atoms with E-state index in [4.69, 9.17) is 9.47 Å². The summed E-state index contributed by atoms with van der Waals surface area (Å²) in [5.74, 6) is 1.24. The number of rotatable bonds is 8. The fourth-order valence-electron chi connectivity index (χ4n) is 3.22. The second-order valence-electron chi connectivity index (χ2n) is 6.12. The highest BCUT2D eigenvalue weighted by molar-refractivity contribution is 5.69. The molecule has 0 saturated carbocycles. The Labute approximate surface area is 139 Å². The number of carbonyl (C=O) groups is 1. The minimum absolute atomic E-state index is 0.0800. The van der Waals surface area contributed by atoms with Gasteiger partial charge in [0, 0.05) is 6.42 Å². The molecule has 1 aliphatic carbocycles. The van der Waals surface area contributed by atoms with Gasteiger partial charge in [0.05, 0.1) is 13.7 Å². The van der Waals surface area contributed by atoms with Crippen LogP contribution in [0.4, 0.5) is 0 Å². The summed E-state index contributed by atoms with van der Waals surface area (Å²) in [6, 6.07) is 8.26. The van der Waals surface area contributed by atoms with Gasteiger partial charge in [-0.2, -0.15) is 0 Å². The zero-order valence-corrected chi connectivity index (χ0v) is 14.3. The second kappa shape index (κ2) is 9.39. The van der Waals surface area contributed by atoms with Gasteiger partial charge in [-0.1, -0.05) is 23.8 Å². The fraction of sp³-hybridized carbons (Fsp3) is 0.550. The molecule has 0 heterocycles. The molecule has 0 bridgehead atoms. The van der Waals surface area contributed by atoms with Crippen molar-refractivity contribution < 1.29 is 14.3 Å². The van der Waals surface area contributed by atoms with Crippen LogP contribution in [0.15, 0.2) is 35.9 Å². The van der Waals surface area contributed by atoms with Gasteiger partial charge >= 0.3 is 5.97 Å². The van der Waals surface area contributed by atoms with Crippen molar-refractivity contribution in [3.8, 4) is 5.75 Å². The highest BCUT2D eigenvalue weighted by Gasteiger charge is 2.18. The van der Waals surface area contributed by atoms with Crippen LogP contribution in [0, 0.1) is 5.92 Å². The van der Waals surface area contributed by atoms with E-state index in [0.29, 0.717) is 18.9 Å². The molecule has 1 aromatic carbocycles. The summed E-state index contributed by atoms with van der Waals surface area (Å²) in [4.78, 5) is 11.7. The van der Waals surface area contributed by atoms with Crippen LogP contribution in [-0.4, -0.2) is 19.7 Å². The number of esters is 1. The molecule has 1 aromatic rings. The molecule has 3 heteroatoms. The molecule has 0 aromatic heterocycles. The first-order valence-electron chi connectivity index (χ1n) is 8.70. The Balaban J connectivity index is 2.02. The van der Waals surface area contributed by atoms with Crippen LogP contribution in [0.2, 0.25) is 0 Å². The predicted octanol–water partition coefficient (Wildman–Crippen LogP) is 4.70. The summed E-state index contributed by atoms with van der Waals surface area (Å²) in [5, 5.41) is 0. The Morgan fingerprint density at radius 3 is 2.61 bits per heavy atom. The van der Waals surface area contributed by atoms with Gasteiger partial charge in [0.1, 0.15) is 5.75 Å². The zero-order valence-electron chi connectivity index (χ0n) is 14.3. The lowest BCUT2D eigenvalue weighted by Gasteiger charge is -2.23. The van der Waals surface area contributed by atoms with Crippen molar-refractivity contribution >= 4 is 5.97 Å². The van der Waals surface area contributed by atoms with Gasteiger partial charge in [-0.05, 0) is 69.1 Å². The molecule has 0 saturated heterocycles. The molecule has 2 rings (SSSR count). The largest absolute Gasteiger partial charge is 0.497 e. The first-order valence-corrected chi connectivity index (χ1v) is 8.70. The first kappa shape index (κ1) is 17.6. The molecule has 1 atom stereocenters. The standard InChI is InChI=1S/C20H28O3/c1-3-23-20(21)14-11-18(17-7-5-4-6-8-17)15-16-9-12-19(22-2)13-10-16/h7,9-10,12-13,18H,3-6,8,11,14-15H2,1-2H3. The Kier molecular flexibility index (Phi) is 7.18. The van der Waals surface area contributed by atoms with Gasteiger partial charge in [-0.3, -0.25) is 4.79 Å². The molecule has 1 aliphatic rings. The molecule has 0 spiro atoms. The van der Waals surface area contributed by atoms with Crippen LogP contribution in [0.5, 0.6) is 5.75 Å². The van der Waals surface area contributed by atoms with Crippen molar-refractivity contribution in [2.45, 2.75) is 51.9 Å². The number of hydrogen-bond donors (Lipinski definition) is 0. The Hall–Kier alpha value is -1.77. The maximum Gasteiger partial charge on any atom is 0.305 e. The Bertz CT molecular complexity index is 516. The van der Waals surface area contributed by atoms with Crippen LogP contribution in [0.3, 0.4) is 0 Å². The fourth-order valence-corrected chi connectivity index (χ4v) is 3.22. The summed E-state index contributed by atoms with van der Waals surface area (Å²) in [6.45, 7) is 2.32. The number of methoxy groups -OCH3 is 1. The Morgan fingerprint density at radius 2 is 2.00 bits per heavy atom. The molecule has 1 unspecified atom stereocenters. The minimum atomic E-state index is -0.0800. The van der Waals surface area contributed by atoms with Gasteiger partial charge in [0.2, 0.25) is 0 Å². The Morgan fingerprint density at radius 1 is 1.22 bits per heavy atom. The summed E-state index contributed by atoms with van der Waals surface area (Å²) >= 11 is 0. The van der Waals surface area contributed by atoms with Crippen LogP contribution >= 0.6 is 0 Å². The van der Waals surface area contributed by atoms with Crippen molar-refractivity contribution in [1.82, 2.24) is 0 Å². The van der Waals surface area contributed by atoms with Gasteiger partial charge < -0.3 is 9.47 Å². The normalized spacial score (nSPS) is 15.7. The number of ether oxygens (including phenoxy) is 2. The molecular weight excluding hydrogens is 288 g/mol. The average Bonchev–Trinajstić information content (AvgIpc) is 2.60. The van der Waals surface area contributed by atoms with E-state index >= 15 is 0 Å². The number of hydrogen-bond acceptors (Lipinski definition) is 3. The number of carbonyl (C=O) groups excluding carboxylic acids is 1. The summed E-state index contributed by atoms with van der Waals surface area (Å²) in [7, 11) is 1.68. The highest BCUT2D eigenvalue weighted by atomic mass is 16.5. The maximum atomic E-state index is 11.7. The smallest absolute Gasteiger partial charge is 0.305 e. The van der Waals surface area contributed by atoms with Crippen molar-refractivity contribution in [3.05, 3.63) is 41.5 Å². The highest BCUT2D eigenvalue weighted by Crippen LogP contribution is 2.30. The molecule has 3 nitrogen and oxygen atoms in total. The van der Waals surface area contributed by atoms with Crippen LogP contribution in [0.25, 0.3) is 0 Å². The molecule has 23 heavy (non-hydrogen) atoms. The van der Waals surface area contributed by atoms with E-state index < -0.39 is 0 Å². The lowest BCUT2D eigenvalue weighted by Crippen LogP contribution is -2.14.